The second-order valence-corrected chi connectivity index (χ2v) is 25.4. The van der Waals surface area contributed by atoms with Crippen LogP contribution in [0.3, 0.4) is 0 Å². The Kier molecular flexibility index (Phi) is 10.4. The Morgan fingerprint density at radius 2 is 1.27 bits per heavy atom. The quantitative estimate of drug-likeness (QED) is 0.122. The summed E-state index contributed by atoms with van der Waals surface area (Å²) in [4.78, 5) is 2.49. The third kappa shape index (κ3) is 7.37. The highest BCUT2D eigenvalue weighted by Gasteiger charge is 2.39. The van der Waals surface area contributed by atoms with Crippen molar-refractivity contribution in [2.45, 2.75) is 110 Å². The molecule has 0 fully saturated rings. The SMILES string of the molecule is CCCCCc1ccc(Nc2cc3sc4cc5c(cc4c3cc2-c2cc(N3c4ccccc4Oc4ccccc43)c3c4cc6ccccc6cc4n4c3c2Bc2cc(C(C)(C)C)ccc2-4)C(C)(C)CCC5(C)C)cc1. The minimum Gasteiger partial charge on any atom is -0.453 e. The lowest BCUT2D eigenvalue weighted by molar-refractivity contribution is 0.332. The van der Waals surface area contributed by atoms with E-state index in [-0.39, 0.29) is 16.2 Å². The van der Waals surface area contributed by atoms with Crippen molar-refractivity contribution in [3.63, 3.8) is 0 Å². The molecule has 0 bridgehead atoms. The van der Waals surface area contributed by atoms with Crippen molar-refractivity contribution in [3.8, 4) is 28.3 Å². The van der Waals surface area contributed by atoms with Crippen LogP contribution in [0.15, 0.2) is 158 Å². The molecule has 2 aromatic heterocycles. The van der Waals surface area contributed by atoms with Crippen LogP contribution >= 0.6 is 11.3 Å². The number of hydrogen-bond donors (Lipinski definition) is 1. The Morgan fingerprint density at radius 1 is 0.613 bits per heavy atom. The highest BCUT2D eigenvalue weighted by atomic mass is 32.1. The molecule has 1 aliphatic carbocycles. The van der Waals surface area contributed by atoms with Crippen molar-refractivity contribution < 1.29 is 4.74 Å². The number of nitrogens with one attached hydrogen (secondary N) is 1. The Labute approximate surface area is 446 Å². The first-order chi connectivity index (χ1) is 36.2. The second kappa shape index (κ2) is 16.9. The molecule has 0 unspecified atom stereocenters. The van der Waals surface area contributed by atoms with Gasteiger partial charge in [-0.25, -0.2) is 0 Å². The predicted octanol–water partition coefficient (Wildman–Crippen LogP) is 18.4. The van der Waals surface area contributed by atoms with E-state index in [0.29, 0.717) is 0 Å². The zero-order valence-electron chi connectivity index (χ0n) is 44.7. The van der Waals surface area contributed by atoms with E-state index < -0.39 is 0 Å². The maximum Gasteiger partial charge on any atom is 0.198 e. The summed E-state index contributed by atoms with van der Waals surface area (Å²) in [6.07, 6.45) is 7.17. The molecule has 0 saturated carbocycles. The third-order valence-electron chi connectivity index (χ3n) is 17.4. The van der Waals surface area contributed by atoms with Crippen LogP contribution in [0.25, 0.3) is 69.6 Å². The van der Waals surface area contributed by atoms with Crippen LogP contribution < -0.4 is 25.9 Å². The summed E-state index contributed by atoms with van der Waals surface area (Å²) in [6.45, 7) is 19.1. The van der Waals surface area contributed by atoms with E-state index in [1.165, 1.54) is 135 Å². The first kappa shape index (κ1) is 46.3. The third-order valence-corrected chi connectivity index (χ3v) is 18.5. The molecule has 14 rings (SSSR count). The summed E-state index contributed by atoms with van der Waals surface area (Å²) < 4.78 is 12.1. The molecule has 75 heavy (non-hydrogen) atoms. The predicted molar refractivity (Wildman–Crippen MR) is 325 cm³/mol. The number of para-hydroxylation sites is 4. The second-order valence-electron chi connectivity index (χ2n) is 24.3. The largest absolute Gasteiger partial charge is 0.453 e. The van der Waals surface area contributed by atoms with Crippen molar-refractivity contribution in [2.24, 2.45) is 0 Å². The summed E-state index contributed by atoms with van der Waals surface area (Å²) in [5.74, 6) is 1.69. The number of ether oxygens (including phenoxy) is 1. The molecule has 1 N–H and O–H groups in total. The van der Waals surface area contributed by atoms with Gasteiger partial charge in [-0.15, -0.1) is 11.3 Å². The summed E-state index contributed by atoms with van der Waals surface area (Å²) in [5.41, 5.74) is 20.2. The minimum atomic E-state index is -0.0138. The molecule has 0 radical (unpaired) electrons. The number of nitrogens with zero attached hydrogens (tertiary/aromatic N) is 2. The van der Waals surface area contributed by atoms with Gasteiger partial charge >= 0.3 is 0 Å². The van der Waals surface area contributed by atoms with Crippen LogP contribution in [0.2, 0.25) is 0 Å². The normalized spacial score (nSPS) is 15.2. The van der Waals surface area contributed by atoms with Gasteiger partial charge in [0.15, 0.2) is 18.8 Å². The standard InChI is InChI=1S/C69H64BN3OS/c1-9-10-11-18-41-25-28-45(29-26-41)71-54-40-63-47(48-37-51-52(39-62(48)75-63)69(7,8)32-31-68(51,5)6)36-46(54)49-38-59(72-56-21-14-16-23-60(56)74-61-24-17-15-22-57(61)72)64-50-33-42-19-12-13-20-43(42)34-58(50)73-55-30-27-44(67(2,3)4)35-53(55)70-65(49)66(64)73/h12-17,19-30,33-40,70-71H,9-11,18,31-32H2,1-8H3. The van der Waals surface area contributed by atoms with Crippen molar-refractivity contribution in [2.75, 3.05) is 10.2 Å². The van der Waals surface area contributed by atoms with Gasteiger partial charge in [0.05, 0.1) is 28.1 Å². The fraction of sp³-hybridized carbons (Fsp3) is 0.246. The molecule has 9 aromatic carbocycles. The lowest BCUT2D eigenvalue weighted by Crippen LogP contribution is -2.38. The van der Waals surface area contributed by atoms with E-state index in [1.807, 2.05) is 11.3 Å². The molecule has 370 valence electrons. The molecule has 0 saturated heterocycles. The molecule has 0 spiro atoms. The zero-order valence-corrected chi connectivity index (χ0v) is 45.5. The van der Waals surface area contributed by atoms with Crippen LogP contribution in [-0.4, -0.2) is 11.8 Å². The smallest absolute Gasteiger partial charge is 0.198 e. The number of unbranched alkanes of at least 4 members (excludes halogenated alkanes) is 2. The van der Waals surface area contributed by atoms with Gasteiger partial charge in [-0.05, 0) is 171 Å². The number of thiophene rings is 1. The molecule has 4 heterocycles. The Bertz CT molecular complexity index is 4120. The van der Waals surface area contributed by atoms with Gasteiger partial charge in [0.25, 0.3) is 0 Å². The summed E-state index contributed by atoms with van der Waals surface area (Å²) in [5, 5.41) is 11.7. The van der Waals surface area contributed by atoms with Crippen LogP contribution in [0.4, 0.5) is 28.4 Å². The molecule has 2 aliphatic heterocycles. The number of rotatable bonds is 8. The number of benzene rings is 9. The van der Waals surface area contributed by atoms with Crippen molar-refractivity contribution >= 4 is 111 Å². The number of aromatic nitrogens is 1. The first-order valence-electron chi connectivity index (χ1n) is 27.5. The van der Waals surface area contributed by atoms with E-state index in [9.17, 15) is 0 Å². The van der Waals surface area contributed by atoms with Gasteiger partial charge in [0.2, 0.25) is 0 Å². The number of anilines is 5. The average molecular weight is 994 g/mol. The molecule has 11 aromatic rings. The van der Waals surface area contributed by atoms with Crippen LogP contribution in [0.1, 0.15) is 110 Å². The molecule has 0 atom stereocenters. The van der Waals surface area contributed by atoms with Crippen LogP contribution in [0, 0.1) is 0 Å². The monoisotopic (exact) mass is 993 g/mol. The first-order valence-corrected chi connectivity index (χ1v) is 28.3. The van der Waals surface area contributed by atoms with Crippen molar-refractivity contribution in [3.05, 3.63) is 180 Å². The molecule has 0 amide bonds. The van der Waals surface area contributed by atoms with E-state index in [1.54, 1.807) is 0 Å². The fourth-order valence-electron chi connectivity index (χ4n) is 13.1. The average Bonchev–Trinajstić information content (AvgIpc) is 4.15. The number of aryl methyl sites for hydroxylation is 1. The Hall–Kier alpha value is -7.28. The summed E-state index contributed by atoms with van der Waals surface area (Å²) in [6, 6.07) is 60.2. The zero-order chi connectivity index (χ0) is 51.1. The van der Waals surface area contributed by atoms with Crippen molar-refractivity contribution in [1.29, 1.82) is 0 Å². The molecule has 3 aliphatic rings. The highest BCUT2D eigenvalue weighted by molar-refractivity contribution is 7.25. The van der Waals surface area contributed by atoms with Crippen molar-refractivity contribution in [1.82, 2.24) is 4.57 Å². The van der Waals surface area contributed by atoms with Gasteiger partial charge in [-0.1, -0.05) is 146 Å². The fourth-order valence-corrected chi connectivity index (χ4v) is 14.2. The molecule has 6 heteroatoms. The number of hydrogen-bond acceptors (Lipinski definition) is 4. The Balaban J connectivity index is 1.12. The van der Waals surface area contributed by atoms with E-state index >= 15 is 0 Å². The van der Waals surface area contributed by atoms with Gasteiger partial charge in [-0.3, -0.25) is 0 Å². The van der Waals surface area contributed by atoms with Gasteiger partial charge in [-0.2, -0.15) is 0 Å². The number of fused-ring (bicyclic) bond motifs is 12. The topological polar surface area (TPSA) is 29.4 Å². The van der Waals surface area contributed by atoms with Gasteiger partial charge < -0.3 is 19.5 Å². The maximum atomic E-state index is 6.76. The molecular formula is C69H64BN3OS. The summed E-state index contributed by atoms with van der Waals surface area (Å²) >= 11 is 1.95. The van der Waals surface area contributed by atoms with Crippen LogP contribution in [0.5, 0.6) is 11.5 Å². The van der Waals surface area contributed by atoms with Gasteiger partial charge in [0, 0.05) is 53.6 Å². The van der Waals surface area contributed by atoms with Gasteiger partial charge in [0.1, 0.15) is 0 Å². The highest BCUT2D eigenvalue weighted by Crippen LogP contribution is 2.55. The van der Waals surface area contributed by atoms with E-state index in [4.69, 9.17) is 4.74 Å². The summed E-state index contributed by atoms with van der Waals surface area (Å²) in [7, 11) is 0.794. The maximum absolute atomic E-state index is 6.76. The Morgan fingerprint density at radius 3 is 1.97 bits per heavy atom. The molecule has 4 nitrogen and oxygen atoms in total. The lowest BCUT2D eigenvalue weighted by Gasteiger charge is -2.41. The molecular weight excluding hydrogens is 930 g/mol. The van der Waals surface area contributed by atoms with E-state index in [0.717, 1.165) is 53.6 Å². The lowest BCUT2D eigenvalue weighted by atomic mass is 9.58. The van der Waals surface area contributed by atoms with E-state index in [2.05, 4.69) is 228 Å². The minimum absolute atomic E-state index is 0.0138. The van der Waals surface area contributed by atoms with Crippen LogP contribution in [-0.2, 0) is 22.7 Å².